The van der Waals surface area contributed by atoms with Crippen LogP contribution in [-0.4, -0.2) is 29.1 Å². The van der Waals surface area contributed by atoms with Gasteiger partial charge in [-0.2, -0.15) is 18.2 Å². The number of carbonyl (C=O) groups is 1. The van der Waals surface area contributed by atoms with E-state index >= 15 is 0 Å². The number of alkyl halides is 3. The molecule has 0 spiro atoms. The molecule has 13 heteroatoms. The normalized spacial score (nSPS) is 11.8. The molecule has 5 aromatic rings. The van der Waals surface area contributed by atoms with E-state index in [1.807, 2.05) is 6.92 Å². The number of nitrogens with zero attached hydrogens (tertiary/aromatic N) is 3. The summed E-state index contributed by atoms with van der Waals surface area (Å²) in [4.78, 5) is 19.5. The smallest absolute Gasteiger partial charge is 0.323 e. The van der Waals surface area contributed by atoms with Crippen molar-refractivity contribution in [2.24, 2.45) is 0 Å². The van der Waals surface area contributed by atoms with Crippen molar-refractivity contribution in [1.82, 2.24) is 25.0 Å². The van der Waals surface area contributed by atoms with Crippen LogP contribution < -0.4 is 15.6 Å². The predicted octanol–water partition coefficient (Wildman–Crippen LogP) is 6.25. The molecule has 5 rings (SSSR count). The molecule has 0 aliphatic rings. The SMILES string of the molecule is Cc1cc(C)c(S(=O)(=O)NNC(=O)c2ccc(Nc3nc(-c4ccccc4)n(-c4cccc(C(F)(F)F)c4)n3)cc2)c(C)c1. The van der Waals surface area contributed by atoms with E-state index in [2.05, 4.69) is 25.7 Å². The van der Waals surface area contributed by atoms with Crippen molar-refractivity contribution in [3.63, 3.8) is 0 Å². The maximum Gasteiger partial charge on any atom is 0.416 e. The summed E-state index contributed by atoms with van der Waals surface area (Å²) in [7, 11) is -4.02. The average Bonchev–Trinajstić information content (AvgIpc) is 3.39. The summed E-state index contributed by atoms with van der Waals surface area (Å²) >= 11 is 0. The van der Waals surface area contributed by atoms with Gasteiger partial charge in [-0.05, 0) is 74.4 Å². The minimum absolute atomic E-state index is 0.0925. The lowest BCUT2D eigenvalue weighted by Crippen LogP contribution is -2.42. The summed E-state index contributed by atoms with van der Waals surface area (Å²) in [6, 6.07) is 23.2. The monoisotopic (exact) mass is 620 g/mol. The molecular formula is C31H27F3N6O3S. The molecule has 0 radical (unpaired) electrons. The Balaban J connectivity index is 1.34. The summed E-state index contributed by atoms with van der Waals surface area (Å²) in [6.07, 6.45) is -4.53. The van der Waals surface area contributed by atoms with E-state index in [1.54, 1.807) is 68.4 Å². The molecule has 0 bridgehead atoms. The molecule has 0 aliphatic carbocycles. The van der Waals surface area contributed by atoms with E-state index in [9.17, 15) is 26.4 Å². The van der Waals surface area contributed by atoms with Gasteiger partial charge in [-0.15, -0.1) is 9.93 Å². The molecule has 0 saturated carbocycles. The maximum atomic E-state index is 13.4. The maximum absolute atomic E-state index is 13.4. The minimum Gasteiger partial charge on any atom is -0.323 e. The number of carbonyl (C=O) groups excluding carboxylic acids is 1. The number of benzene rings is 4. The summed E-state index contributed by atoms with van der Waals surface area (Å²) < 4.78 is 67.3. The van der Waals surface area contributed by atoms with E-state index in [0.717, 1.165) is 17.7 Å². The number of amides is 1. The Morgan fingerprint density at radius 3 is 2.14 bits per heavy atom. The average molecular weight is 621 g/mol. The second kappa shape index (κ2) is 11.9. The van der Waals surface area contributed by atoms with Crippen molar-refractivity contribution in [2.45, 2.75) is 31.8 Å². The van der Waals surface area contributed by atoms with Gasteiger partial charge in [0.2, 0.25) is 5.95 Å². The summed E-state index contributed by atoms with van der Waals surface area (Å²) in [5.41, 5.74) is 4.90. The van der Waals surface area contributed by atoms with Crippen LogP contribution in [0, 0.1) is 20.8 Å². The Bertz CT molecular complexity index is 1920. The standard InChI is InChI=1S/C31H27F3N6O3S/c1-19-16-20(2)27(21(3)17-19)44(42,43)39-37-29(41)23-12-14-25(15-13-23)35-30-36-28(22-8-5-4-6-9-22)40(38-30)26-11-7-10-24(18-26)31(32,33)34/h4-18,39H,1-3H3,(H,35,38)(H,37,41). The van der Waals surface area contributed by atoms with Crippen molar-refractivity contribution >= 4 is 27.6 Å². The topological polar surface area (TPSA) is 118 Å². The van der Waals surface area contributed by atoms with Gasteiger partial charge in [-0.25, -0.2) is 13.1 Å². The number of halogens is 3. The van der Waals surface area contributed by atoms with E-state index in [0.29, 0.717) is 28.2 Å². The highest BCUT2D eigenvalue weighted by Crippen LogP contribution is 2.32. The number of hydrogen-bond donors (Lipinski definition) is 3. The molecule has 1 heterocycles. The third-order valence-corrected chi connectivity index (χ3v) is 8.18. The van der Waals surface area contributed by atoms with Crippen LogP contribution in [0.2, 0.25) is 0 Å². The summed E-state index contributed by atoms with van der Waals surface area (Å²) in [5.74, 6) is -0.259. The Morgan fingerprint density at radius 2 is 1.50 bits per heavy atom. The van der Waals surface area contributed by atoms with Crippen molar-refractivity contribution in [1.29, 1.82) is 0 Å². The van der Waals surface area contributed by atoms with E-state index in [-0.39, 0.29) is 22.1 Å². The minimum atomic E-state index is -4.53. The van der Waals surface area contributed by atoms with Gasteiger partial charge in [-0.1, -0.05) is 54.1 Å². The molecule has 0 atom stereocenters. The Kier molecular flexibility index (Phi) is 8.26. The third kappa shape index (κ3) is 6.63. The number of aromatic nitrogens is 3. The fraction of sp³-hybridized carbons (Fsp3) is 0.129. The van der Waals surface area contributed by atoms with Crippen molar-refractivity contribution in [2.75, 3.05) is 5.32 Å². The zero-order valence-corrected chi connectivity index (χ0v) is 24.6. The van der Waals surface area contributed by atoms with Gasteiger partial charge in [0.15, 0.2) is 5.82 Å². The Hall–Kier alpha value is -5.01. The first-order valence-electron chi connectivity index (χ1n) is 13.3. The van der Waals surface area contributed by atoms with Crippen LogP contribution in [-0.2, 0) is 16.2 Å². The van der Waals surface area contributed by atoms with E-state index < -0.39 is 27.7 Å². The van der Waals surface area contributed by atoms with Crippen LogP contribution in [0.15, 0.2) is 95.9 Å². The first-order chi connectivity index (χ1) is 20.8. The van der Waals surface area contributed by atoms with Crippen LogP contribution in [0.5, 0.6) is 0 Å². The van der Waals surface area contributed by atoms with Gasteiger partial charge in [0, 0.05) is 16.8 Å². The Labute approximate surface area is 251 Å². The van der Waals surface area contributed by atoms with Gasteiger partial charge in [0.1, 0.15) is 0 Å². The molecule has 0 fully saturated rings. The lowest BCUT2D eigenvalue weighted by molar-refractivity contribution is -0.137. The third-order valence-electron chi connectivity index (χ3n) is 6.63. The zero-order valence-electron chi connectivity index (χ0n) is 23.8. The van der Waals surface area contributed by atoms with Gasteiger partial charge >= 0.3 is 6.18 Å². The van der Waals surface area contributed by atoms with Crippen LogP contribution in [0.3, 0.4) is 0 Å². The number of aryl methyl sites for hydroxylation is 3. The van der Waals surface area contributed by atoms with E-state index in [1.165, 1.54) is 28.9 Å². The van der Waals surface area contributed by atoms with Gasteiger partial charge in [0.25, 0.3) is 15.9 Å². The summed E-state index contributed by atoms with van der Waals surface area (Å²) in [6.45, 7) is 5.23. The second-order valence-corrected chi connectivity index (χ2v) is 11.7. The molecule has 4 aromatic carbocycles. The molecular weight excluding hydrogens is 593 g/mol. The molecule has 0 aliphatic heterocycles. The lowest BCUT2D eigenvalue weighted by Gasteiger charge is -2.14. The number of hydrazine groups is 1. The first-order valence-corrected chi connectivity index (χ1v) is 14.8. The fourth-order valence-corrected chi connectivity index (χ4v) is 6.09. The van der Waals surface area contributed by atoms with Crippen molar-refractivity contribution in [3.05, 3.63) is 119 Å². The highest BCUT2D eigenvalue weighted by atomic mass is 32.2. The van der Waals surface area contributed by atoms with Crippen LogP contribution in [0.1, 0.15) is 32.6 Å². The predicted molar refractivity (Wildman–Crippen MR) is 160 cm³/mol. The first kappa shape index (κ1) is 30.4. The van der Waals surface area contributed by atoms with Crippen LogP contribution >= 0.6 is 0 Å². The van der Waals surface area contributed by atoms with Gasteiger partial charge < -0.3 is 5.32 Å². The van der Waals surface area contributed by atoms with Crippen molar-refractivity contribution < 1.29 is 26.4 Å². The number of rotatable bonds is 8. The van der Waals surface area contributed by atoms with Gasteiger partial charge in [0.05, 0.1) is 16.1 Å². The quantitative estimate of drug-likeness (QED) is 0.177. The van der Waals surface area contributed by atoms with Crippen LogP contribution in [0.4, 0.5) is 24.8 Å². The fourth-order valence-electron chi connectivity index (χ4n) is 4.79. The molecule has 3 N–H and O–H groups in total. The highest BCUT2D eigenvalue weighted by Gasteiger charge is 2.31. The van der Waals surface area contributed by atoms with E-state index in [4.69, 9.17) is 0 Å². The summed E-state index contributed by atoms with van der Waals surface area (Å²) in [5, 5.41) is 7.41. The second-order valence-electron chi connectivity index (χ2n) is 10.1. The molecule has 9 nitrogen and oxygen atoms in total. The molecule has 1 amide bonds. The number of anilines is 2. The van der Waals surface area contributed by atoms with Crippen molar-refractivity contribution in [3.8, 4) is 17.1 Å². The molecule has 0 saturated heterocycles. The number of nitrogens with one attached hydrogen (secondary N) is 3. The number of sulfonamides is 1. The lowest BCUT2D eigenvalue weighted by atomic mass is 10.1. The Morgan fingerprint density at radius 1 is 0.841 bits per heavy atom. The molecule has 1 aromatic heterocycles. The molecule has 0 unspecified atom stereocenters. The molecule has 226 valence electrons. The zero-order chi connectivity index (χ0) is 31.6. The largest absolute Gasteiger partial charge is 0.416 e. The number of hydrogen-bond acceptors (Lipinski definition) is 6. The highest BCUT2D eigenvalue weighted by molar-refractivity contribution is 7.89. The van der Waals surface area contributed by atoms with Crippen LogP contribution in [0.25, 0.3) is 17.1 Å². The molecule has 44 heavy (non-hydrogen) atoms. The van der Waals surface area contributed by atoms with Gasteiger partial charge in [-0.3, -0.25) is 10.2 Å².